The van der Waals surface area contributed by atoms with Gasteiger partial charge in [0.1, 0.15) is 6.10 Å². The Labute approximate surface area is 78.9 Å². The highest BCUT2D eigenvalue weighted by molar-refractivity contribution is 5.57. The lowest BCUT2D eigenvalue weighted by atomic mass is 9.87. The zero-order valence-electron chi connectivity index (χ0n) is 7.38. The van der Waals surface area contributed by atoms with Crippen LogP contribution in [0.5, 0.6) is 0 Å². The summed E-state index contributed by atoms with van der Waals surface area (Å²) < 4.78 is 40.9. The smallest absolute Gasteiger partial charge is 0.450 e. The maximum absolute atomic E-state index is 12.2. The van der Waals surface area contributed by atoms with Gasteiger partial charge in [0, 0.05) is 0 Å². The van der Waals surface area contributed by atoms with Gasteiger partial charge in [-0.25, -0.2) is 4.79 Å². The number of carbonyl (C=O) groups is 1. The summed E-state index contributed by atoms with van der Waals surface area (Å²) in [5.41, 5.74) is 0. The predicted octanol–water partition coefficient (Wildman–Crippen LogP) is 2.80. The average Bonchev–Trinajstić information content (AvgIpc) is 2.02. The quantitative estimate of drug-likeness (QED) is 0.680. The van der Waals surface area contributed by atoms with Crippen molar-refractivity contribution in [2.45, 2.75) is 38.0 Å². The van der Waals surface area contributed by atoms with Gasteiger partial charge in [0.2, 0.25) is 0 Å². The number of rotatable bonds is 1. The summed E-state index contributed by atoms with van der Waals surface area (Å²) in [6, 6.07) is 0. The molecule has 3 nitrogen and oxygen atoms in total. The number of hydrogen-bond acceptors (Lipinski definition) is 2. The number of hydrogen-bond donors (Lipinski definition) is 1. The van der Waals surface area contributed by atoms with Crippen molar-refractivity contribution >= 4 is 6.16 Å². The Balaban J connectivity index is 2.35. The van der Waals surface area contributed by atoms with Crippen LogP contribution in [0.4, 0.5) is 18.0 Å². The van der Waals surface area contributed by atoms with Gasteiger partial charge in [-0.2, -0.15) is 13.2 Å². The van der Waals surface area contributed by atoms with E-state index in [-0.39, 0.29) is 25.7 Å². The first-order chi connectivity index (χ1) is 6.39. The molecule has 1 saturated carbocycles. The summed E-state index contributed by atoms with van der Waals surface area (Å²) in [5, 5.41) is 8.25. The second-order valence-corrected chi connectivity index (χ2v) is 3.40. The second kappa shape index (κ2) is 4.06. The molecule has 0 spiro atoms. The molecule has 0 aromatic carbocycles. The Kier molecular flexibility index (Phi) is 3.23. The summed E-state index contributed by atoms with van der Waals surface area (Å²) in [6.45, 7) is 0. The molecule has 0 radical (unpaired) electrons. The van der Waals surface area contributed by atoms with Gasteiger partial charge in [-0.05, 0) is 25.7 Å². The molecule has 14 heavy (non-hydrogen) atoms. The van der Waals surface area contributed by atoms with Crippen molar-refractivity contribution in [3.63, 3.8) is 0 Å². The molecule has 0 atom stereocenters. The fourth-order valence-corrected chi connectivity index (χ4v) is 1.65. The molecule has 0 amide bonds. The number of halogens is 3. The minimum atomic E-state index is -4.16. The van der Waals surface area contributed by atoms with Gasteiger partial charge in [0.15, 0.2) is 0 Å². The molecule has 1 rings (SSSR count). The van der Waals surface area contributed by atoms with Crippen LogP contribution in [-0.4, -0.2) is 23.5 Å². The lowest BCUT2D eigenvalue weighted by Gasteiger charge is -2.28. The lowest BCUT2D eigenvalue weighted by molar-refractivity contribution is -0.186. The molecule has 1 N–H and O–H groups in total. The molecule has 1 aliphatic carbocycles. The van der Waals surface area contributed by atoms with E-state index in [1.165, 1.54) is 0 Å². The van der Waals surface area contributed by atoms with E-state index in [1.54, 1.807) is 0 Å². The average molecular weight is 212 g/mol. The van der Waals surface area contributed by atoms with Crippen LogP contribution in [0.1, 0.15) is 25.7 Å². The lowest BCUT2D eigenvalue weighted by Crippen LogP contribution is -2.31. The number of carboxylic acid groups (broad SMARTS) is 1. The highest BCUT2D eigenvalue weighted by Gasteiger charge is 2.41. The van der Waals surface area contributed by atoms with Crippen LogP contribution >= 0.6 is 0 Å². The first kappa shape index (κ1) is 11.1. The summed E-state index contributed by atoms with van der Waals surface area (Å²) in [7, 11) is 0. The van der Waals surface area contributed by atoms with Gasteiger partial charge >= 0.3 is 12.3 Å². The zero-order chi connectivity index (χ0) is 10.8. The third kappa shape index (κ3) is 3.08. The van der Waals surface area contributed by atoms with Crippen molar-refractivity contribution in [1.82, 2.24) is 0 Å². The fraction of sp³-hybridized carbons (Fsp3) is 0.875. The van der Waals surface area contributed by atoms with Gasteiger partial charge in [0.25, 0.3) is 0 Å². The SMILES string of the molecule is O=C(O)OC1CCC(C(F)(F)F)CC1. The normalized spacial score (nSPS) is 28.5. The van der Waals surface area contributed by atoms with Gasteiger partial charge in [-0.1, -0.05) is 0 Å². The van der Waals surface area contributed by atoms with Gasteiger partial charge in [0.05, 0.1) is 5.92 Å². The molecule has 82 valence electrons. The third-order valence-electron chi connectivity index (χ3n) is 2.40. The van der Waals surface area contributed by atoms with Crippen molar-refractivity contribution < 1.29 is 27.8 Å². The molecule has 0 aromatic heterocycles. The van der Waals surface area contributed by atoms with E-state index < -0.39 is 24.4 Å². The number of ether oxygens (including phenoxy) is 1. The minimum absolute atomic E-state index is 0.0402. The molecule has 0 aliphatic heterocycles. The summed E-state index contributed by atoms with van der Waals surface area (Å²) in [4.78, 5) is 10.1. The molecule has 0 heterocycles. The van der Waals surface area contributed by atoms with Crippen LogP contribution in [0.15, 0.2) is 0 Å². The van der Waals surface area contributed by atoms with Crippen molar-refractivity contribution in [3.05, 3.63) is 0 Å². The molecule has 0 unspecified atom stereocenters. The van der Waals surface area contributed by atoms with E-state index >= 15 is 0 Å². The maximum atomic E-state index is 12.2. The monoisotopic (exact) mass is 212 g/mol. The Morgan fingerprint density at radius 3 is 2.07 bits per heavy atom. The Bertz CT molecular complexity index is 206. The van der Waals surface area contributed by atoms with E-state index in [1.807, 2.05) is 0 Å². The van der Waals surface area contributed by atoms with Crippen molar-refractivity contribution in [2.75, 3.05) is 0 Å². The molecular formula is C8H11F3O3. The first-order valence-corrected chi connectivity index (χ1v) is 4.36. The molecule has 6 heteroatoms. The highest BCUT2D eigenvalue weighted by Crippen LogP contribution is 2.38. The molecule has 0 saturated heterocycles. The van der Waals surface area contributed by atoms with Gasteiger partial charge in [-0.15, -0.1) is 0 Å². The highest BCUT2D eigenvalue weighted by atomic mass is 19.4. The Morgan fingerprint density at radius 2 is 1.71 bits per heavy atom. The van der Waals surface area contributed by atoms with E-state index in [2.05, 4.69) is 4.74 Å². The molecular weight excluding hydrogens is 201 g/mol. The van der Waals surface area contributed by atoms with Crippen LogP contribution in [-0.2, 0) is 4.74 Å². The Morgan fingerprint density at radius 1 is 1.21 bits per heavy atom. The summed E-state index contributed by atoms with van der Waals surface area (Å²) >= 11 is 0. The largest absolute Gasteiger partial charge is 0.506 e. The topological polar surface area (TPSA) is 46.5 Å². The van der Waals surface area contributed by atoms with E-state index in [9.17, 15) is 18.0 Å². The van der Waals surface area contributed by atoms with Crippen molar-refractivity contribution in [1.29, 1.82) is 0 Å². The summed E-state index contributed by atoms with van der Waals surface area (Å²) in [6.07, 6.45) is -5.89. The van der Waals surface area contributed by atoms with Crippen LogP contribution in [0.25, 0.3) is 0 Å². The van der Waals surface area contributed by atoms with Gasteiger partial charge < -0.3 is 9.84 Å². The summed E-state index contributed by atoms with van der Waals surface area (Å²) in [5.74, 6) is -1.30. The third-order valence-corrected chi connectivity index (χ3v) is 2.40. The first-order valence-electron chi connectivity index (χ1n) is 4.36. The minimum Gasteiger partial charge on any atom is -0.450 e. The van der Waals surface area contributed by atoms with E-state index in [4.69, 9.17) is 5.11 Å². The van der Waals surface area contributed by atoms with E-state index in [0.29, 0.717) is 0 Å². The van der Waals surface area contributed by atoms with Crippen LogP contribution < -0.4 is 0 Å². The zero-order valence-corrected chi connectivity index (χ0v) is 7.38. The van der Waals surface area contributed by atoms with Gasteiger partial charge in [-0.3, -0.25) is 0 Å². The van der Waals surface area contributed by atoms with E-state index in [0.717, 1.165) is 0 Å². The predicted molar refractivity (Wildman–Crippen MR) is 40.9 cm³/mol. The van der Waals surface area contributed by atoms with Crippen molar-refractivity contribution in [3.8, 4) is 0 Å². The molecule has 0 aromatic rings. The molecule has 0 bridgehead atoms. The van der Waals surface area contributed by atoms with Crippen molar-refractivity contribution in [2.24, 2.45) is 5.92 Å². The van der Waals surface area contributed by atoms with Crippen LogP contribution in [0, 0.1) is 5.92 Å². The van der Waals surface area contributed by atoms with Crippen LogP contribution in [0.3, 0.4) is 0 Å². The number of alkyl halides is 3. The molecule has 1 aliphatic rings. The standard InChI is InChI=1S/C8H11F3O3/c9-8(10,11)5-1-3-6(4-2-5)14-7(12)13/h5-6H,1-4H2,(H,12,13). The molecule has 1 fully saturated rings. The maximum Gasteiger partial charge on any atom is 0.506 e. The second-order valence-electron chi connectivity index (χ2n) is 3.40. The van der Waals surface area contributed by atoms with Crippen LogP contribution in [0.2, 0.25) is 0 Å². The Hall–Kier alpha value is -0.940. The fourth-order valence-electron chi connectivity index (χ4n) is 1.65.